The average molecular weight is 403 g/mol. The van der Waals surface area contributed by atoms with Crippen molar-refractivity contribution >= 4 is 34.7 Å². The summed E-state index contributed by atoms with van der Waals surface area (Å²) in [6.45, 7) is 15.1. The summed E-state index contributed by atoms with van der Waals surface area (Å²) in [6, 6.07) is 0. The Balaban J connectivity index is 1.96. The molecule has 1 saturated heterocycles. The van der Waals surface area contributed by atoms with Crippen LogP contribution in [-0.2, 0) is 0 Å². The van der Waals surface area contributed by atoms with E-state index in [4.69, 9.17) is 24.4 Å². The molecule has 0 atom stereocenters. The van der Waals surface area contributed by atoms with Crippen molar-refractivity contribution < 1.29 is 0 Å². The third kappa shape index (κ3) is 11.8. The zero-order chi connectivity index (χ0) is 19.0. The lowest BCUT2D eigenvalue weighted by Crippen LogP contribution is -2.47. The second-order valence-electron chi connectivity index (χ2n) is 6.76. The molecule has 0 aromatic carbocycles. The van der Waals surface area contributed by atoms with Crippen LogP contribution in [0.25, 0.3) is 0 Å². The van der Waals surface area contributed by atoms with Gasteiger partial charge >= 0.3 is 0 Å². The summed E-state index contributed by atoms with van der Waals surface area (Å²) in [4.78, 5) is 5.12. The number of hydrogen-bond acceptors (Lipinski definition) is 4. The standard InChI is InChI=1S/C18H38N6S2/c1-3-7-19-17(25)21-9-5-11-23-13-15-24(16-14-23)12-6-10-22-18(26)20-8-4-2/h3-16H2,1-2H3,(H2,19,21,25)(H2,20,22,26). The van der Waals surface area contributed by atoms with Gasteiger partial charge in [0, 0.05) is 52.4 Å². The van der Waals surface area contributed by atoms with Crippen LogP contribution >= 0.6 is 24.4 Å². The molecule has 0 aromatic rings. The van der Waals surface area contributed by atoms with Gasteiger partial charge in [0.05, 0.1) is 0 Å². The predicted octanol–water partition coefficient (Wildman–Crippen LogP) is 1.13. The second kappa shape index (κ2) is 15.4. The minimum Gasteiger partial charge on any atom is -0.363 e. The summed E-state index contributed by atoms with van der Waals surface area (Å²) in [5.74, 6) is 0. The van der Waals surface area contributed by atoms with Crippen LogP contribution in [0, 0.1) is 0 Å². The lowest BCUT2D eigenvalue weighted by atomic mass is 10.2. The van der Waals surface area contributed by atoms with E-state index in [0.29, 0.717) is 0 Å². The Kier molecular flexibility index (Phi) is 13.8. The fraction of sp³-hybridized carbons (Fsp3) is 0.889. The first-order valence-corrected chi connectivity index (χ1v) is 11.0. The van der Waals surface area contributed by atoms with Gasteiger partial charge in [-0.2, -0.15) is 0 Å². The summed E-state index contributed by atoms with van der Waals surface area (Å²) in [7, 11) is 0. The van der Waals surface area contributed by atoms with Crippen molar-refractivity contribution in [2.45, 2.75) is 39.5 Å². The van der Waals surface area contributed by atoms with Crippen molar-refractivity contribution in [3.05, 3.63) is 0 Å². The van der Waals surface area contributed by atoms with E-state index in [1.54, 1.807) is 0 Å². The zero-order valence-corrected chi connectivity index (χ0v) is 18.2. The molecule has 1 heterocycles. The summed E-state index contributed by atoms with van der Waals surface area (Å²) in [5, 5.41) is 14.5. The second-order valence-corrected chi connectivity index (χ2v) is 7.57. The van der Waals surface area contributed by atoms with Gasteiger partial charge in [0.1, 0.15) is 0 Å². The molecule has 0 radical (unpaired) electrons. The molecule has 0 saturated carbocycles. The van der Waals surface area contributed by atoms with Crippen LogP contribution in [0.2, 0.25) is 0 Å². The molecule has 26 heavy (non-hydrogen) atoms. The largest absolute Gasteiger partial charge is 0.363 e. The van der Waals surface area contributed by atoms with Crippen LogP contribution < -0.4 is 21.3 Å². The number of rotatable bonds is 12. The first-order valence-electron chi connectivity index (χ1n) is 10.1. The SMILES string of the molecule is CCCNC(=S)NCCCN1CCN(CCCNC(=S)NCCC)CC1. The first kappa shape index (κ1) is 23.3. The molecular formula is C18H38N6S2. The van der Waals surface area contributed by atoms with Crippen LogP contribution in [-0.4, -0.2) is 85.5 Å². The van der Waals surface area contributed by atoms with Gasteiger partial charge < -0.3 is 31.1 Å². The topological polar surface area (TPSA) is 54.6 Å². The Bertz CT molecular complexity index is 350. The quantitative estimate of drug-likeness (QED) is 0.286. The lowest BCUT2D eigenvalue weighted by Gasteiger charge is -2.34. The van der Waals surface area contributed by atoms with Crippen molar-refractivity contribution in [3.63, 3.8) is 0 Å². The number of hydrogen-bond donors (Lipinski definition) is 4. The summed E-state index contributed by atoms with van der Waals surface area (Å²) in [6.07, 6.45) is 4.48. The molecule has 4 N–H and O–H groups in total. The van der Waals surface area contributed by atoms with Gasteiger partial charge in [0.25, 0.3) is 0 Å². The van der Waals surface area contributed by atoms with E-state index in [1.807, 2.05) is 0 Å². The molecule has 1 rings (SSSR count). The van der Waals surface area contributed by atoms with Gasteiger partial charge in [-0.3, -0.25) is 0 Å². The van der Waals surface area contributed by atoms with E-state index in [0.717, 1.165) is 75.2 Å². The van der Waals surface area contributed by atoms with Gasteiger partial charge in [0.15, 0.2) is 10.2 Å². The predicted molar refractivity (Wildman–Crippen MR) is 120 cm³/mol. The van der Waals surface area contributed by atoms with E-state index in [2.05, 4.69) is 44.9 Å². The van der Waals surface area contributed by atoms with Gasteiger partial charge in [-0.1, -0.05) is 13.8 Å². The number of piperazine rings is 1. The maximum Gasteiger partial charge on any atom is 0.166 e. The maximum atomic E-state index is 5.23. The molecule has 0 aromatic heterocycles. The first-order chi connectivity index (χ1) is 12.7. The van der Waals surface area contributed by atoms with Crippen molar-refractivity contribution in [1.29, 1.82) is 0 Å². The van der Waals surface area contributed by atoms with Crippen molar-refractivity contribution in [2.75, 3.05) is 65.4 Å². The van der Waals surface area contributed by atoms with E-state index in [9.17, 15) is 0 Å². The van der Waals surface area contributed by atoms with Crippen LogP contribution in [0.5, 0.6) is 0 Å². The summed E-state index contributed by atoms with van der Waals surface area (Å²) in [5.41, 5.74) is 0. The normalized spacial score (nSPS) is 15.5. The third-order valence-corrected chi connectivity index (χ3v) is 4.99. The monoisotopic (exact) mass is 402 g/mol. The van der Waals surface area contributed by atoms with E-state index in [1.165, 1.54) is 26.2 Å². The zero-order valence-electron chi connectivity index (χ0n) is 16.6. The summed E-state index contributed by atoms with van der Waals surface area (Å²) < 4.78 is 0. The molecule has 0 amide bonds. The highest BCUT2D eigenvalue weighted by Crippen LogP contribution is 2.03. The fourth-order valence-corrected chi connectivity index (χ4v) is 3.26. The third-order valence-electron chi connectivity index (χ3n) is 4.41. The summed E-state index contributed by atoms with van der Waals surface area (Å²) >= 11 is 10.5. The number of nitrogens with zero attached hydrogens (tertiary/aromatic N) is 2. The molecule has 0 spiro atoms. The highest BCUT2D eigenvalue weighted by atomic mass is 32.1. The van der Waals surface area contributed by atoms with Crippen molar-refractivity contribution in [2.24, 2.45) is 0 Å². The Hall–Kier alpha value is -0.700. The minimum absolute atomic E-state index is 0.787. The van der Waals surface area contributed by atoms with Crippen LogP contribution in [0.1, 0.15) is 39.5 Å². The van der Waals surface area contributed by atoms with Gasteiger partial charge in [0.2, 0.25) is 0 Å². The molecule has 8 heteroatoms. The molecule has 0 aliphatic carbocycles. The maximum absolute atomic E-state index is 5.23. The lowest BCUT2D eigenvalue weighted by molar-refractivity contribution is 0.131. The number of thiocarbonyl (C=S) groups is 2. The molecule has 0 bridgehead atoms. The number of nitrogens with one attached hydrogen (secondary N) is 4. The minimum atomic E-state index is 0.787. The molecule has 1 aliphatic heterocycles. The Labute approximate surface area is 170 Å². The smallest absolute Gasteiger partial charge is 0.166 e. The van der Waals surface area contributed by atoms with Gasteiger partial charge in [-0.05, 0) is 63.2 Å². The Morgan fingerprint density at radius 2 is 1.00 bits per heavy atom. The van der Waals surface area contributed by atoms with Crippen LogP contribution in [0.15, 0.2) is 0 Å². The molecule has 6 nitrogen and oxygen atoms in total. The molecule has 152 valence electrons. The molecule has 0 unspecified atom stereocenters. The molecule has 1 fully saturated rings. The average Bonchev–Trinajstić information content (AvgIpc) is 2.66. The fourth-order valence-electron chi connectivity index (χ4n) is 2.85. The van der Waals surface area contributed by atoms with E-state index >= 15 is 0 Å². The van der Waals surface area contributed by atoms with E-state index in [-0.39, 0.29) is 0 Å². The molecular weight excluding hydrogens is 364 g/mol. The highest BCUT2D eigenvalue weighted by Gasteiger charge is 2.15. The van der Waals surface area contributed by atoms with Crippen molar-refractivity contribution in [3.8, 4) is 0 Å². The van der Waals surface area contributed by atoms with Gasteiger partial charge in [-0.25, -0.2) is 0 Å². The van der Waals surface area contributed by atoms with Gasteiger partial charge in [-0.15, -0.1) is 0 Å². The van der Waals surface area contributed by atoms with Crippen LogP contribution in [0.4, 0.5) is 0 Å². The Morgan fingerprint density at radius 3 is 1.35 bits per heavy atom. The molecule has 1 aliphatic rings. The van der Waals surface area contributed by atoms with E-state index < -0.39 is 0 Å². The van der Waals surface area contributed by atoms with Crippen molar-refractivity contribution in [1.82, 2.24) is 31.1 Å². The Morgan fingerprint density at radius 1 is 0.654 bits per heavy atom. The highest BCUT2D eigenvalue weighted by molar-refractivity contribution is 7.80. The van der Waals surface area contributed by atoms with Crippen LogP contribution in [0.3, 0.4) is 0 Å².